The van der Waals surface area contributed by atoms with Gasteiger partial charge in [-0.3, -0.25) is 4.98 Å². The fourth-order valence-electron chi connectivity index (χ4n) is 1.72. The number of aromatic nitrogens is 2. The van der Waals surface area contributed by atoms with Crippen LogP contribution in [0.15, 0.2) is 6.20 Å². The van der Waals surface area contributed by atoms with Crippen LogP contribution in [0, 0.1) is 0 Å². The van der Waals surface area contributed by atoms with Crippen molar-refractivity contribution in [3.8, 4) is 5.88 Å². The lowest BCUT2D eigenvalue weighted by atomic mass is 10.2. The Bertz CT molecular complexity index is 383. The molecule has 0 aromatic carbocycles. The Morgan fingerprint density at radius 1 is 1.59 bits per heavy atom. The van der Waals surface area contributed by atoms with Gasteiger partial charge in [-0.25, -0.2) is 0 Å². The molecular formula is C12H20N4O. The third-order valence-electron chi connectivity index (χ3n) is 3.22. The normalized spacial score (nSPS) is 16.6. The van der Waals surface area contributed by atoms with Crippen molar-refractivity contribution in [2.45, 2.75) is 32.9 Å². The monoisotopic (exact) mass is 236 g/mol. The molecule has 0 amide bonds. The average molecular weight is 236 g/mol. The molecule has 0 fully saturated rings. The summed E-state index contributed by atoms with van der Waals surface area (Å²) in [5.41, 5.74) is 0.892. The molecule has 1 atom stereocenters. The lowest BCUT2D eigenvalue weighted by Gasteiger charge is -2.24. The molecule has 1 aromatic rings. The van der Waals surface area contributed by atoms with Gasteiger partial charge in [-0.2, -0.15) is 4.98 Å². The van der Waals surface area contributed by atoms with Crippen molar-refractivity contribution < 1.29 is 4.74 Å². The molecule has 0 radical (unpaired) electrons. The molecule has 5 nitrogen and oxygen atoms in total. The van der Waals surface area contributed by atoms with E-state index >= 15 is 0 Å². The van der Waals surface area contributed by atoms with Gasteiger partial charge in [0.2, 0.25) is 5.88 Å². The number of hydrogen-bond donors (Lipinski definition) is 1. The molecule has 0 saturated carbocycles. The summed E-state index contributed by atoms with van der Waals surface area (Å²) in [6.45, 7) is 6.57. The number of nitrogens with one attached hydrogen (secondary N) is 1. The van der Waals surface area contributed by atoms with Gasteiger partial charge in [-0.15, -0.1) is 0 Å². The Morgan fingerprint density at radius 2 is 2.41 bits per heavy atom. The van der Waals surface area contributed by atoms with E-state index in [9.17, 15) is 0 Å². The largest absolute Gasteiger partial charge is 0.475 e. The Balaban J connectivity index is 2.23. The number of hydrogen-bond acceptors (Lipinski definition) is 5. The van der Waals surface area contributed by atoms with Gasteiger partial charge in [0.05, 0.1) is 6.20 Å². The highest BCUT2D eigenvalue weighted by Crippen LogP contribution is 2.20. The fraction of sp³-hybridized carbons (Fsp3) is 0.667. The van der Waals surface area contributed by atoms with Gasteiger partial charge >= 0.3 is 0 Å². The van der Waals surface area contributed by atoms with E-state index in [2.05, 4.69) is 34.0 Å². The predicted octanol–water partition coefficient (Wildman–Crippen LogP) is 1.19. The van der Waals surface area contributed by atoms with Gasteiger partial charge in [-0.1, -0.05) is 6.92 Å². The van der Waals surface area contributed by atoms with Crippen LogP contribution in [0.3, 0.4) is 0 Å². The molecule has 0 saturated heterocycles. The first-order valence-electron chi connectivity index (χ1n) is 6.14. The molecule has 0 unspecified atom stereocenters. The van der Waals surface area contributed by atoms with E-state index in [0.717, 1.165) is 31.0 Å². The number of rotatable bonds is 3. The van der Waals surface area contributed by atoms with Crippen LogP contribution in [0.4, 0.5) is 5.82 Å². The zero-order valence-electron chi connectivity index (χ0n) is 10.7. The van der Waals surface area contributed by atoms with E-state index in [1.54, 1.807) is 0 Å². The predicted molar refractivity (Wildman–Crippen MR) is 67.4 cm³/mol. The highest BCUT2D eigenvalue weighted by molar-refractivity contribution is 5.40. The van der Waals surface area contributed by atoms with Gasteiger partial charge in [0.1, 0.15) is 12.3 Å². The van der Waals surface area contributed by atoms with Crippen molar-refractivity contribution in [2.24, 2.45) is 0 Å². The Morgan fingerprint density at radius 3 is 3.18 bits per heavy atom. The molecule has 17 heavy (non-hydrogen) atoms. The second-order valence-electron chi connectivity index (χ2n) is 4.37. The maximum absolute atomic E-state index is 5.59. The summed E-state index contributed by atoms with van der Waals surface area (Å²) in [7, 11) is 2.04. The van der Waals surface area contributed by atoms with Gasteiger partial charge in [0.25, 0.3) is 0 Å². The van der Waals surface area contributed by atoms with E-state index < -0.39 is 0 Å². The molecule has 1 aliphatic rings. The summed E-state index contributed by atoms with van der Waals surface area (Å²) < 4.78 is 5.59. The molecule has 5 heteroatoms. The van der Waals surface area contributed by atoms with Crippen molar-refractivity contribution in [1.29, 1.82) is 0 Å². The molecule has 1 aliphatic heterocycles. The summed E-state index contributed by atoms with van der Waals surface area (Å²) >= 11 is 0. The van der Waals surface area contributed by atoms with Crippen molar-refractivity contribution in [1.82, 2.24) is 15.3 Å². The highest BCUT2D eigenvalue weighted by atomic mass is 16.5. The zero-order chi connectivity index (χ0) is 12.3. The quantitative estimate of drug-likeness (QED) is 0.854. The van der Waals surface area contributed by atoms with E-state index in [4.69, 9.17) is 4.74 Å². The Kier molecular flexibility index (Phi) is 3.78. The van der Waals surface area contributed by atoms with E-state index in [0.29, 0.717) is 18.5 Å². The maximum Gasteiger partial charge on any atom is 0.239 e. The van der Waals surface area contributed by atoms with Gasteiger partial charge in [0.15, 0.2) is 5.82 Å². The first kappa shape index (κ1) is 12.1. The van der Waals surface area contributed by atoms with Crippen molar-refractivity contribution in [2.75, 3.05) is 25.1 Å². The molecule has 2 rings (SSSR count). The summed E-state index contributed by atoms with van der Waals surface area (Å²) in [5, 5.41) is 3.24. The van der Waals surface area contributed by atoms with Crippen molar-refractivity contribution in [3.05, 3.63) is 11.9 Å². The van der Waals surface area contributed by atoms with Crippen molar-refractivity contribution in [3.63, 3.8) is 0 Å². The van der Waals surface area contributed by atoms with E-state index in [-0.39, 0.29) is 0 Å². The second-order valence-corrected chi connectivity index (χ2v) is 4.37. The Hall–Kier alpha value is -1.36. The molecular weight excluding hydrogens is 216 g/mol. The second kappa shape index (κ2) is 5.31. The first-order valence-corrected chi connectivity index (χ1v) is 6.14. The standard InChI is InChI=1S/C12H20N4O/c1-4-9(2)16(3)11-8-14-10-7-13-5-6-17-12(10)15-11/h8-9,13H,4-7H2,1-3H3/t9-/m1/s1. The minimum Gasteiger partial charge on any atom is -0.475 e. The van der Waals surface area contributed by atoms with Crippen LogP contribution >= 0.6 is 0 Å². The third-order valence-corrected chi connectivity index (χ3v) is 3.22. The number of fused-ring (bicyclic) bond motifs is 1. The molecule has 0 spiro atoms. The van der Waals surface area contributed by atoms with Crippen LogP contribution < -0.4 is 15.0 Å². The average Bonchev–Trinajstić information content (AvgIpc) is 2.61. The van der Waals surface area contributed by atoms with Gasteiger partial charge < -0.3 is 15.0 Å². The lowest BCUT2D eigenvalue weighted by molar-refractivity contribution is 0.313. The Labute approximate surface area is 102 Å². The number of anilines is 1. The van der Waals surface area contributed by atoms with Crippen LogP contribution in [0.2, 0.25) is 0 Å². The minimum atomic E-state index is 0.450. The minimum absolute atomic E-state index is 0.450. The number of nitrogens with zero attached hydrogens (tertiary/aromatic N) is 3. The van der Waals surface area contributed by atoms with E-state index in [1.807, 2.05) is 13.2 Å². The summed E-state index contributed by atoms with van der Waals surface area (Å²) in [4.78, 5) is 11.1. The molecule has 2 heterocycles. The van der Waals surface area contributed by atoms with E-state index in [1.165, 1.54) is 0 Å². The lowest BCUT2D eigenvalue weighted by Crippen LogP contribution is -2.29. The number of ether oxygens (including phenoxy) is 1. The van der Waals surface area contributed by atoms with Crippen LogP contribution in [-0.2, 0) is 6.54 Å². The highest BCUT2D eigenvalue weighted by Gasteiger charge is 2.15. The first-order chi connectivity index (χ1) is 8.22. The van der Waals surface area contributed by atoms with Crippen molar-refractivity contribution >= 4 is 5.82 Å². The smallest absolute Gasteiger partial charge is 0.239 e. The molecule has 1 N–H and O–H groups in total. The molecule has 0 bridgehead atoms. The van der Waals surface area contributed by atoms with Gasteiger partial charge in [-0.05, 0) is 13.3 Å². The zero-order valence-corrected chi connectivity index (χ0v) is 10.7. The fourth-order valence-corrected chi connectivity index (χ4v) is 1.72. The summed E-state index contributed by atoms with van der Waals surface area (Å²) in [5.74, 6) is 1.54. The van der Waals surface area contributed by atoms with Crippen LogP contribution in [-0.4, -0.2) is 36.2 Å². The summed E-state index contributed by atoms with van der Waals surface area (Å²) in [6.07, 6.45) is 2.90. The van der Waals surface area contributed by atoms with Crippen LogP contribution in [0.1, 0.15) is 26.0 Å². The maximum atomic E-state index is 5.59. The topological polar surface area (TPSA) is 50.3 Å². The summed E-state index contributed by atoms with van der Waals surface area (Å²) in [6, 6.07) is 0.450. The van der Waals surface area contributed by atoms with Gasteiger partial charge in [0, 0.05) is 26.2 Å². The molecule has 0 aliphatic carbocycles. The molecule has 94 valence electrons. The van der Waals surface area contributed by atoms with Crippen LogP contribution in [0.5, 0.6) is 5.88 Å². The SMILES string of the molecule is CC[C@@H](C)N(C)c1cnc2c(n1)OCCNC2. The third kappa shape index (κ3) is 2.66. The molecule has 1 aromatic heterocycles. The van der Waals surface area contributed by atoms with Crippen LogP contribution in [0.25, 0.3) is 0 Å².